The molecule has 5 atom stereocenters. The van der Waals surface area contributed by atoms with Crippen molar-refractivity contribution in [1.29, 1.82) is 0 Å². The van der Waals surface area contributed by atoms with E-state index in [1.807, 2.05) is 91.9 Å². The summed E-state index contributed by atoms with van der Waals surface area (Å²) in [4.78, 5) is 56.6. The highest BCUT2D eigenvalue weighted by molar-refractivity contribution is 5.92. The SMILES string of the molecule is Cc1cccc(CC(=O)[C@H](CCc2ccccc2)NC(=O)[C@@H](N)CCN2CCC(N)CC2)c1.NC[C@@H]1CCCN1CC[C@H](N)C(=O)N[C@@H](CCc1ccccc1)C(=O)Cc1cccc(C(F)(F)F)c1. The molecular formula is C54H73F3N8O4. The number of ketones is 2. The van der Waals surface area contributed by atoms with Crippen LogP contribution in [0, 0.1) is 6.92 Å². The first-order valence-electron chi connectivity index (χ1n) is 24.5. The zero-order valence-corrected chi connectivity index (χ0v) is 40.1. The Bertz CT molecular complexity index is 2210. The molecule has 2 heterocycles. The Kier molecular flexibility index (Phi) is 22.0. The second kappa shape index (κ2) is 27.8. The van der Waals surface area contributed by atoms with Crippen molar-refractivity contribution in [2.24, 2.45) is 22.9 Å². The number of carbonyl (C=O) groups excluding carboxylic acids is 4. The van der Waals surface area contributed by atoms with Gasteiger partial charge in [-0.25, -0.2) is 0 Å². The van der Waals surface area contributed by atoms with E-state index in [4.69, 9.17) is 22.9 Å². The second-order valence-electron chi connectivity index (χ2n) is 18.7. The van der Waals surface area contributed by atoms with Gasteiger partial charge in [-0.1, -0.05) is 109 Å². The fourth-order valence-electron chi connectivity index (χ4n) is 8.95. The predicted molar refractivity (Wildman–Crippen MR) is 266 cm³/mol. The van der Waals surface area contributed by atoms with Gasteiger partial charge in [0.2, 0.25) is 11.8 Å². The summed E-state index contributed by atoms with van der Waals surface area (Å²) in [6, 6.07) is 29.9. The minimum absolute atomic E-state index is 0.0158. The van der Waals surface area contributed by atoms with Crippen LogP contribution in [-0.4, -0.2) is 109 Å². The molecule has 374 valence electrons. The number of piperidine rings is 1. The van der Waals surface area contributed by atoms with E-state index >= 15 is 0 Å². The largest absolute Gasteiger partial charge is 0.416 e. The van der Waals surface area contributed by atoms with E-state index in [2.05, 4.69) is 20.4 Å². The van der Waals surface area contributed by atoms with Crippen molar-refractivity contribution in [3.63, 3.8) is 0 Å². The summed E-state index contributed by atoms with van der Waals surface area (Å²) in [6.07, 6.45) is 2.76. The summed E-state index contributed by atoms with van der Waals surface area (Å²) >= 11 is 0. The molecule has 4 aromatic rings. The summed E-state index contributed by atoms with van der Waals surface area (Å²) in [5.74, 6) is -1.02. The third-order valence-electron chi connectivity index (χ3n) is 13.2. The van der Waals surface area contributed by atoms with Crippen LogP contribution < -0.4 is 33.6 Å². The summed E-state index contributed by atoms with van der Waals surface area (Å²) in [7, 11) is 0. The van der Waals surface area contributed by atoms with E-state index in [9.17, 15) is 32.3 Å². The van der Waals surface area contributed by atoms with Crippen LogP contribution in [0.25, 0.3) is 0 Å². The standard InChI is InChI=1S/C27H35F3N4O2.C27H38N4O2/c28-27(29,30)21-9-4-8-20(16-21)17-25(35)24(12-11-19-6-2-1-3-7-19)33-26(36)23(32)13-15-34-14-5-10-22(34)18-31;1-20-6-5-9-22(18-20)19-26(32)25(11-10-21-7-3-2-4-8-21)30-27(33)24(29)14-17-31-15-12-23(28)13-16-31/h1-4,6-9,16,22-24H,5,10-15,17-18,31-32H2,(H,33,36);2-9,18,23-25H,10-17,19,28-29H2,1H3,(H,30,33)/t22-,23-,24-;24-,25-/m00/s1. The first-order valence-corrected chi connectivity index (χ1v) is 24.5. The van der Waals surface area contributed by atoms with Crippen molar-refractivity contribution in [2.45, 2.75) is 126 Å². The number of hydrogen-bond donors (Lipinski definition) is 6. The number of likely N-dealkylation sites (tertiary alicyclic amines) is 2. The fraction of sp³-hybridized carbons (Fsp3) is 0.481. The number of nitrogens with one attached hydrogen (secondary N) is 2. The van der Waals surface area contributed by atoms with E-state index in [1.54, 1.807) is 0 Å². The summed E-state index contributed by atoms with van der Waals surface area (Å²) in [5.41, 5.74) is 27.8. The van der Waals surface area contributed by atoms with Gasteiger partial charge in [0.05, 0.1) is 29.7 Å². The lowest BCUT2D eigenvalue weighted by Crippen LogP contribution is -2.50. The second-order valence-corrected chi connectivity index (χ2v) is 18.7. The summed E-state index contributed by atoms with van der Waals surface area (Å²) in [6.45, 7) is 6.81. The van der Waals surface area contributed by atoms with Crippen molar-refractivity contribution < 1.29 is 32.3 Å². The number of nitrogens with zero attached hydrogens (tertiary/aromatic N) is 2. The molecule has 15 heteroatoms. The number of carbonyl (C=O) groups is 4. The molecule has 2 aliphatic rings. The third kappa shape index (κ3) is 18.9. The zero-order chi connectivity index (χ0) is 49.8. The van der Waals surface area contributed by atoms with Crippen LogP contribution >= 0.6 is 0 Å². The molecule has 0 aromatic heterocycles. The molecule has 2 fully saturated rings. The number of rotatable bonds is 23. The number of nitrogens with two attached hydrogens (primary N) is 4. The van der Waals surface area contributed by atoms with Crippen molar-refractivity contribution in [2.75, 3.05) is 39.3 Å². The van der Waals surface area contributed by atoms with Crippen LogP contribution in [-0.2, 0) is 51.0 Å². The van der Waals surface area contributed by atoms with Crippen molar-refractivity contribution in [1.82, 2.24) is 20.4 Å². The van der Waals surface area contributed by atoms with E-state index < -0.39 is 41.8 Å². The number of benzene rings is 4. The van der Waals surface area contributed by atoms with Gasteiger partial charge in [0.15, 0.2) is 11.6 Å². The minimum Gasteiger partial charge on any atom is -0.345 e. The molecular weight excluding hydrogens is 882 g/mol. The minimum atomic E-state index is -4.50. The first kappa shape index (κ1) is 54.6. The van der Waals surface area contributed by atoms with Gasteiger partial charge >= 0.3 is 6.18 Å². The number of alkyl halides is 3. The molecule has 0 unspecified atom stereocenters. The van der Waals surface area contributed by atoms with Gasteiger partial charge in [-0.15, -0.1) is 0 Å². The molecule has 69 heavy (non-hydrogen) atoms. The van der Waals surface area contributed by atoms with E-state index in [-0.39, 0.29) is 35.5 Å². The van der Waals surface area contributed by atoms with Crippen LogP contribution in [0.4, 0.5) is 13.2 Å². The highest BCUT2D eigenvalue weighted by Crippen LogP contribution is 2.30. The van der Waals surface area contributed by atoms with Crippen LogP contribution in [0.2, 0.25) is 0 Å². The van der Waals surface area contributed by atoms with E-state index in [1.165, 1.54) is 12.1 Å². The fourth-order valence-corrected chi connectivity index (χ4v) is 8.95. The van der Waals surface area contributed by atoms with Gasteiger partial charge in [0.1, 0.15) is 0 Å². The zero-order valence-electron chi connectivity index (χ0n) is 40.1. The Morgan fingerprint density at radius 1 is 0.638 bits per heavy atom. The molecule has 0 spiro atoms. The molecule has 0 aliphatic carbocycles. The van der Waals surface area contributed by atoms with Crippen molar-refractivity contribution in [3.05, 3.63) is 143 Å². The van der Waals surface area contributed by atoms with Gasteiger partial charge in [0.25, 0.3) is 0 Å². The highest BCUT2D eigenvalue weighted by atomic mass is 19.4. The van der Waals surface area contributed by atoms with Crippen LogP contribution in [0.15, 0.2) is 109 Å². The average Bonchev–Trinajstić information content (AvgIpc) is 3.81. The average molecular weight is 955 g/mol. The normalized spacial score (nSPS) is 17.5. The molecule has 0 saturated carbocycles. The quantitative estimate of drug-likeness (QED) is 0.0556. The molecule has 2 amide bonds. The third-order valence-corrected chi connectivity index (χ3v) is 13.2. The monoisotopic (exact) mass is 955 g/mol. The molecule has 0 radical (unpaired) electrons. The molecule has 0 bridgehead atoms. The number of hydrogen-bond acceptors (Lipinski definition) is 10. The predicted octanol–water partition coefficient (Wildman–Crippen LogP) is 5.44. The van der Waals surface area contributed by atoms with Crippen molar-refractivity contribution in [3.8, 4) is 0 Å². The maximum Gasteiger partial charge on any atom is 0.416 e. The van der Waals surface area contributed by atoms with Gasteiger partial charge in [-0.05, 0) is 119 Å². The molecule has 10 N–H and O–H groups in total. The molecule has 6 rings (SSSR count). The Morgan fingerprint density at radius 3 is 1.64 bits per heavy atom. The Labute approximate surface area is 406 Å². The summed E-state index contributed by atoms with van der Waals surface area (Å²) in [5, 5.41) is 5.74. The van der Waals surface area contributed by atoms with Crippen molar-refractivity contribution >= 4 is 23.4 Å². The number of amides is 2. The smallest absolute Gasteiger partial charge is 0.345 e. The van der Waals surface area contributed by atoms with Gasteiger partial charge < -0.3 is 38.5 Å². The Balaban J connectivity index is 0.000000258. The number of Topliss-reactive ketones (excluding diaryl/α,β-unsaturated/α-hetero) is 2. The number of aryl methyl sites for hydroxylation is 3. The van der Waals surface area contributed by atoms with E-state index in [0.717, 1.165) is 86.2 Å². The molecule has 2 saturated heterocycles. The Morgan fingerprint density at radius 2 is 1.13 bits per heavy atom. The highest BCUT2D eigenvalue weighted by Gasteiger charge is 2.32. The summed E-state index contributed by atoms with van der Waals surface area (Å²) < 4.78 is 39.3. The Hall–Kier alpha value is -5.29. The van der Waals surface area contributed by atoms with Gasteiger partial charge in [0, 0.05) is 44.6 Å². The van der Waals surface area contributed by atoms with Crippen LogP contribution in [0.5, 0.6) is 0 Å². The van der Waals surface area contributed by atoms with Crippen LogP contribution in [0.3, 0.4) is 0 Å². The molecule has 12 nitrogen and oxygen atoms in total. The lowest BCUT2D eigenvalue weighted by atomic mass is 9.96. The maximum atomic E-state index is 13.2. The maximum absolute atomic E-state index is 13.2. The first-order chi connectivity index (χ1) is 33.1. The molecule has 4 aromatic carbocycles. The lowest BCUT2D eigenvalue weighted by molar-refractivity contribution is -0.137. The van der Waals surface area contributed by atoms with Gasteiger partial charge in [-0.2, -0.15) is 13.2 Å². The number of halogens is 3. The van der Waals surface area contributed by atoms with E-state index in [0.29, 0.717) is 64.1 Å². The topological polar surface area (TPSA) is 203 Å². The van der Waals surface area contributed by atoms with Crippen LogP contribution in [0.1, 0.15) is 84.7 Å². The van der Waals surface area contributed by atoms with Gasteiger partial charge in [-0.3, -0.25) is 24.1 Å². The lowest BCUT2D eigenvalue weighted by Gasteiger charge is -2.30. The molecule has 2 aliphatic heterocycles.